The van der Waals surface area contributed by atoms with Crippen molar-refractivity contribution in [3.63, 3.8) is 0 Å². The van der Waals surface area contributed by atoms with E-state index in [0.29, 0.717) is 6.04 Å². The van der Waals surface area contributed by atoms with Gasteiger partial charge in [0.15, 0.2) is 0 Å². The van der Waals surface area contributed by atoms with Gasteiger partial charge in [0, 0.05) is 18.1 Å². The Balaban J connectivity index is 1.68. The van der Waals surface area contributed by atoms with E-state index in [1.165, 1.54) is 45.1 Å². The molecule has 1 saturated heterocycles. The van der Waals surface area contributed by atoms with Crippen molar-refractivity contribution in [3.05, 3.63) is 0 Å². The van der Waals surface area contributed by atoms with Gasteiger partial charge in [0.05, 0.1) is 6.07 Å². The van der Waals surface area contributed by atoms with Crippen LogP contribution in [0.2, 0.25) is 0 Å². The van der Waals surface area contributed by atoms with Gasteiger partial charge in [-0.2, -0.15) is 5.26 Å². The first-order valence-electron chi connectivity index (χ1n) is 8.49. The van der Waals surface area contributed by atoms with Crippen LogP contribution in [0.1, 0.15) is 72.1 Å². The standard InChI is InChI=1S/C17H31N3/c1-14-7-6-8-15(2)20(14)12-5-4-11-17(3,13-18)19-16-9-10-16/h14-16,19H,4-12H2,1-3H3/t14-,15+,17?. The summed E-state index contributed by atoms with van der Waals surface area (Å²) in [5, 5.41) is 12.9. The van der Waals surface area contributed by atoms with Crippen LogP contribution in [0, 0.1) is 11.3 Å². The van der Waals surface area contributed by atoms with E-state index in [9.17, 15) is 5.26 Å². The maximum atomic E-state index is 9.37. The minimum atomic E-state index is -0.305. The van der Waals surface area contributed by atoms with E-state index < -0.39 is 0 Å². The lowest BCUT2D eigenvalue weighted by molar-refractivity contribution is 0.101. The molecular formula is C17H31N3. The Kier molecular flexibility index (Phi) is 5.46. The summed E-state index contributed by atoms with van der Waals surface area (Å²) >= 11 is 0. The maximum absolute atomic E-state index is 9.37. The highest BCUT2D eigenvalue weighted by atomic mass is 15.2. The smallest absolute Gasteiger partial charge is 0.104 e. The molecule has 3 atom stereocenters. The van der Waals surface area contributed by atoms with E-state index in [4.69, 9.17) is 0 Å². The van der Waals surface area contributed by atoms with Crippen LogP contribution in [0.25, 0.3) is 0 Å². The molecule has 3 nitrogen and oxygen atoms in total. The second kappa shape index (κ2) is 6.91. The molecular weight excluding hydrogens is 246 g/mol. The zero-order valence-corrected chi connectivity index (χ0v) is 13.5. The molecule has 0 spiro atoms. The van der Waals surface area contributed by atoms with Crippen LogP contribution in [0.5, 0.6) is 0 Å². The van der Waals surface area contributed by atoms with Crippen LogP contribution in [-0.2, 0) is 0 Å². The molecule has 2 fully saturated rings. The fourth-order valence-corrected chi connectivity index (χ4v) is 3.53. The number of piperidine rings is 1. The van der Waals surface area contributed by atoms with Gasteiger partial charge in [0.1, 0.15) is 5.54 Å². The maximum Gasteiger partial charge on any atom is 0.104 e. The first kappa shape index (κ1) is 15.8. The predicted molar refractivity (Wildman–Crippen MR) is 83.5 cm³/mol. The number of unbranched alkanes of at least 4 members (excludes halogenated alkanes) is 1. The number of hydrogen-bond acceptors (Lipinski definition) is 3. The lowest BCUT2D eigenvalue weighted by atomic mass is 9.94. The number of hydrogen-bond donors (Lipinski definition) is 1. The molecule has 0 bridgehead atoms. The van der Waals surface area contributed by atoms with Gasteiger partial charge >= 0.3 is 0 Å². The molecule has 0 aromatic carbocycles. The predicted octanol–water partition coefficient (Wildman–Crippen LogP) is 3.45. The Morgan fingerprint density at radius 1 is 1.15 bits per heavy atom. The third-order valence-electron chi connectivity index (χ3n) is 5.07. The molecule has 1 N–H and O–H groups in total. The molecule has 1 aliphatic heterocycles. The van der Waals surface area contributed by atoms with Crippen molar-refractivity contribution >= 4 is 0 Å². The highest BCUT2D eigenvalue weighted by molar-refractivity contribution is 5.06. The van der Waals surface area contributed by atoms with E-state index >= 15 is 0 Å². The van der Waals surface area contributed by atoms with Gasteiger partial charge in [0.2, 0.25) is 0 Å². The number of nitrogens with one attached hydrogen (secondary N) is 1. The molecule has 1 heterocycles. The second-order valence-corrected chi connectivity index (χ2v) is 7.19. The van der Waals surface area contributed by atoms with Gasteiger partial charge in [0.25, 0.3) is 0 Å². The van der Waals surface area contributed by atoms with E-state index in [0.717, 1.165) is 24.9 Å². The highest BCUT2D eigenvalue weighted by Gasteiger charge is 2.32. The molecule has 1 saturated carbocycles. The lowest BCUT2D eigenvalue weighted by Crippen LogP contribution is -2.44. The minimum absolute atomic E-state index is 0.305. The molecule has 0 aromatic heterocycles. The molecule has 0 amide bonds. The van der Waals surface area contributed by atoms with Crippen molar-refractivity contribution in [2.45, 2.75) is 95.8 Å². The molecule has 2 rings (SSSR count). The van der Waals surface area contributed by atoms with E-state index in [2.05, 4.69) is 37.1 Å². The third-order valence-corrected chi connectivity index (χ3v) is 5.07. The molecule has 2 aliphatic rings. The number of rotatable bonds is 7. The summed E-state index contributed by atoms with van der Waals surface area (Å²) in [4.78, 5) is 2.67. The Hall–Kier alpha value is -0.590. The summed E-state index contributed by atoms with van der Waals surface area (Å²) < 4.78 is 0. The van der Waals surface area contributed by atoms with Gasteiger partial charge < -0.3 is 0 Å². The Morgan fingerprint density at radius 2 is 1.80 bits per heavy atom. The number of nitrogens with zero attached hydrogens (tertiary/aromatic N) is 2. The quantitative estimate of drug-likeness (QED) is 0.724. The summed E-state index contributed by atoms with van der Waals surface area (Å²) in [5.41, 5.74) is -0.305. The van der Waals surface area contributed by atoms with Crippen molar-refractivity contribution in [1.29, 1.82) is 5.26 Å². The van der Waals surface area contributed by atoms with Crippen LogP contribution in [-0.4, -0.2) is 35.1 Å². The van der Waals surface area contributed by atoms with Crippen molar-refractivity contribution in [3.8, 4) is 6.07 Å². The van der Waals surface area contributed by atoms with Crippen molar-refractivity contribution in [2.75, 3.05) is 6.54 Å². The summed E-state index contributed by atoms with van der Waals surface area (Å²) in [5.74, 6) is 0. The van der Waals surface area contributed by atoms with Crippen LogP contribution >= 0.6 is 0 Å². The summed E-state index contributed by atoms with van der Waals surface area (Å²) in [6.45, 7) is 8.00. The number of nitriles is 1. The van der Waals surface area contributed by atoms with Crippen molar-refractivity contribution in [2.24, 2.45) is 0 Å². The molecule has 1 unspecified atom stereocenters. The van der Waals surface area contributed by atoms with Crippen molar-refractivity contribution in [1.82, 2.24) is 10.2 Å². The highest BCUT2D eigenvalue weighted by Crippen LogP contribution is 2.26. The summed E-state index contributed by atoms with van der Waals surface area (Å²) in [6, 6.07) is 4.58. The zero-order chi connectivity index (χ0) is 14.6. The number of likely N-dealkylation sites (tertiary alicyclic amines) is 1. The molecule has 0 radical (unpaired) electrons. The molecule has 0 aromatic rings. The average molecular weight is 277 g/mol. The topological polar surface area (TPSA) is 39.1 Å². The largest absolute Gasteiger partial charge is 0.298 e. The normalized spacial score (nSPS) is 30.7. The van der Waals surface area contributed by atoms with Gasteiger partial charge in [-0.05, 0) is 72.3 Å². The van der Waals surface area contributed by atoms with Crippen LogP contribution in [0.15, 0.2) is 0 Å². The van der Waals surface area contributed by atoms with Crippen LogP contribution < -0.4 is 5.32 Å². The second-order valence-electron chi connectivity index (χ2n) is 7.19. The van der Waals surface area contributed by atoms with Crippen LogP contribution in [0.3, 0.4) is 0 Å². The van der Waals surface area contributed by atoms with Crippen LogP contribution in [0.4, 0.5) is 0 Å². The Labute approximate surface area is 124 Å². The minimum Gasteiger partial charge on any atom is -0.298 e. The summed E-state index contributed by atoms with van der Waals surface area (Å²) in [7, 11) is 0. The fraction of sp³-hybridized carbons (Fsp3) is 0.941. The lowest BCUT2D eigenvalue weighted by Gasteiger charge is -2.39. The van der Waals surface area contributed by atoms with Gasteiger partial charge in [-0.3, -0.25) is 10.2 Å². The fourth-order valence-electron chi connectivity index (χ4n) is 3.53. The molecule has 1 aliphatic carbocycles. The first-order chi connectivity index (χ1) is 9.54. The molecule has 3 heteroatoms. The Morgan fingerprint density at radius 3 is 2.35 bits per heavy atom. The average Bonchev–Trinajstić information content (AvgIpc) is 3.21. The zero-order valence-electron chi connectivity index (χ0n) is 13.5. The van der Waals surface area contributed by atoms with Gasteiger partial charge in [-0.25, -0.2) is 0 Å². The van der Waals surface area contributed by atoms with Crippen molar-refractivity contribution < 1.29 is 0 Å². The van der Waals surface area contributed by atoms with E-state index in [1.54, 1.807) is 0 Å². The first-order valence-corrected chi connectivity index (χ1v) is 8.49. The third kappa shape index (κ3) is 4.46. The van der Waals surface area contributed by atoms with Gasteiger partial charge in [-0.15, -0.1) is 0 Å². The van der Waals surface area contributed by atoms with Gasteiger partial charge in [-0.1, -0.05) is 6.42 Å². The molecule has 20 heavy (non-hydrogen) atoms. The monoisotopic (exact) mass is 277 g/mol. The Bertz CT molecular complexity index is 335. The van der Waals surface area contributed by atoms with E-state index in [-0.39, 0.29) is 5.54 Å². The SMILES string of the molecule is C[C@@H]1CCC[C@H](C)N1CCCCC(C)(C#N)NC1CC1. The van der Waals surface area contributed by atoms with E-state index in [1.807, 2.05) is 0 Å². The molecule has 114 valence electrons. The summed E-state index contributed by atoms with van der Waals surface area (Å²) in [6.07, 6.45) is 9.94.